The summed E-state index contributed by atoms with van der Waals surface area (Å²) in [6.07, 6.45) is 0. The van der Waals surface area contributed by atoms with Crippen molar-refractivity contribution in [2.24, 2.45) is 0 Å². The largest absolute Gasteiger partial charge is 0.484 e. The van der Waals surface area contributed by atoms with Crippen molar-refractivity contribution in [1.29, 1.82) is 0 Å². The zero-order chi connectivity index (χ0) is 19.2. The zero-order valence-electron chi connectivity index (χ0n) is 14.1. The fourth-order valence-electron chi connectivity index (χ4n) is 2.35. The third-order valence-corrected chi connectivity index (χ3v) is 3.72. The van der Waals surface area contributed by atoms with Gasteiger partial charge in [-0.2, -0.15) is 0 Å². The summed E-state index contributed by atoms with van der Waals surface area (Å²) in [4.78, 5) is 24.2. The average Bonchev–Trinajstić information content (AvgIpc) is 2.69. The van der Waals surface area contributed by atoms with E-state index >= 15 is 0 Å². The minimum atomic E-state index is -0.408. The Balaban J connectivity index is 1.55. The summed E-state index contributed by atoms with van der Waals surface area (Å²) in [5.41, 5.74) is 1.26. The van der Waals surface area contributed by atoms with Gasteiger partial charge in [-0.15, -0.1) is 0 Å². The zero-order valence-corrected chi connectivity index (χ0v) is 14.1. The van der Waals surface area contributed by atoms with Gasteiger partial charge < -0.3 is 10.1 Å². The van der Waals surface area contributed by atoms with Crippen LogP contribution >= 0.6 is 0 Å². The lowest BCUT2D eigenvalue weighted by atomic mass is 10.0. The van der Waals surface area contributed by atoms with Gasteiger partial charge in [0.1, 0.15) is 17.4 Å². The molecule has 0 bridgehead atoms. The van der Waals surface area contributed by atoms with Crippen molar-refractivity contribution in [3.05, 3.63) is 95.6 Å². The molecule has 6 heteroatoms. The molecule has 0 aliphatic heterocycles. The Morgan fingerprint density at radius 2 is 1.22 bits per heavy atom. The average molecular weight is 367 g/mol. The van der Waals surface area contributed by atoms with Crippen molar-refractivity contribution >= 4 is 17.4 Å². The number of benzene rings is 3. The SMILES string of the molecule is O=C(COc1ccc(C(=O)c2ccc(F)cc2)cc1)Nc1ccc(F)cc1. The summed E-state index contributed by atoms with van der Waals surface area (Å²) >= 11 is 0. The van der Waals surface area contributed by atoms with E-state index in [-0.39, 0.29) is 18.2 Å². The van der Waals surface area contributed by atoms with E-state index in [4.69, 9.17) is 4.74 Å². The summed E-state index contributed by atoms with van der Waals surface area (Å²) in [6, 6.07) is 17.0. The van der Waals surface area contributed by atoms with Gasteiger partial charge in [-0.1, -0.05) is 0 Å². The standard InChI is InChI=1S/C21H15F2NO3/c22-16-5-1-14(2-6-16)21(26)15-3-11-19(12-4-15)27-13-20(25)24-18-9-7-17(23)8-10-18/h1-12H,13H2,(H,24,25). The minimum absolute atomic E-state index is 0.234. The van der Waals surface area contributed by atoms with Crippen LogP contribution in [0.5, 0.6) is 5.75 Å². The molecule has 3 rings (SSSR count). The van der Waals surface area contributed by atoms with Crippen LogP contribution in [0.3, 0.4) is 0 Å². The predicted molar refractivity (Wildman–Crippen MR) is 96.8 cm³/mol. The number of hydrogen-bond donors (Lipinski definition) is 1. The Labute approximate surface area is 154 Å². The monoisotopic (exact) mass is 367 g/mol. The van der Waals surface area contributed by atoms with Crippen LogP contribution in [-0.2, 0) is 4.79 Å². The first-order valence-electron chi connectivity index (χ1n) is 8.10. The Bertz CT molecular complexity index is 937. The maximum Gasteiger partial charge on any atom is 0.262 e. The first-order valence-corrected chi connectivity index (χ1v) is 8.10. The molecule has 27 heavy (non-hydrogen) atoms. The molecule has 0 heterocycles. The summed E-state index contributed by atoms with van der Waals surface area (Å²) in [5.74, 6) is -1.02. The lowest BCUT2D eigenvalue weighted by Crippen LogP contribution is -2.20. The second kappa shape index (κ2) is 8.23. The van der Waals surface area contributed by atoms with E-state index in [1.165, 1.54) is 48.5 Å². The van der Waals surface area contributed by atoms with Gasteiger partial charge in [-0.3, -0.25) is 9.59 Å². The van der Waals surface area contributed by atoms with E-state index in [9.17, 15) is 18.4 Å². The Morgan fingerprint density at radius 3 is 1.78 bits per heavy atom. The van der Waals surface area contributed by atoms with Crippen LogP contribution in [0.2, 0.25) is 0 Å². The van der Waals surface area contributed by atoms with Crippen LogP contribution in [0.1, 0.15) is 15.9 Å². The molecule has 4 nitrogen and oxygen atoms in total. The second-order valence-electron chi connectivity index (χ2n) is 5.70. The van der Waals surface area contributed by atoms with Gasteiger partial charge in [0.25, 0.3) is 5.91 Å². The molecular formula is C21H15F2NO3. The smallest absolute Gasteiger partial charge is 0.262 e. The Morgan fingerprint density at radius 1 is 0.741 bits per heavy atom. The van der Waals surface area contributed by atoms with Gasteiger partial charge in [-0.05, 0) is 72.8 Å². The molecule has 0 fully saturated rings. The van der Waals surface area contributed by atoms with Crippen LogP contribution in [0, 0.1) is 11.6 Å². The Kier molecular flexibility index (Phi) is 5.56. The van der Waals surface area contributed by atoms with Gasteiger partial charge >= 0.3 is 0 Å². The number of hydrogen-bond acceptors (Lipinski definition) is 3. The van der Waals surface area contributed by atoms with Gasteiger partial charge in [0, 0.05) is 16.8 Å². The summed E-state index contributed by atoms with van der Waals surface area (Å²) in [5, 5.41) is 2.58. The van der Waals surface area contributed by atoms with Crippen molar-refractivity contribution in [3.63, 3.8) is 0 Å². The number of ketones is 1. The first-order chi connectivity index (χ1) is 13.0. The topological polar surface area (TPSA) is 55.4 Å². The third kappa shape index (κ3) is 4.98. The highest BCUT2D eigenvalue weighted by Crippen LogP contribution is 2.16. The highest BCUT2D eigenvalue weighted by Gasteiger charge is 2.10. The van der Waals surface area contributed by atoms with Crippen molar-refractivity contribution in [3.8, 4) is 5.75 Å². The number of carbonyl (C=O) groups excluding carboxylic acids is 2. The van der Waals surface area contributed by atoms with Crippen LogP contribution in [0.4, 0.5) is 14.5 Å². The second-order valence-corrected chi connectivity index (χ2v) is 5.70. The number of carbonyl (C=O) groups is 2. The maximum absolute atomic E-state index is 12.9. The lowest BCUT2D eigenvalue weighted by molar-refractivity contribution is -0.118. The molecule has 0 atom stereocenters. The molecule has 136 valence electrons. The Hall–Kier alpha value is -3.54. The fourth-order valence-corrected chi connectivity index (χ4v) is 2.35. The third-order valence-electron chi connectivity index (χ3n) is 3.72. The molecule has 0 aliphatic carbocycles. The van der Waals surface area contributed by atoms with Gasteiger partial charge in [-0.25, -0.2) is 8.78 Å². The molecular weight excluding hydrogens is 352 g/mol. The molecule has 0 saturated heterocycles. The number of halogens is 2. The predicted octanol–water partition coefficient (Wildman–Crippen LogP) is 4.21. The summed E-state index contributed by atoms with van der Waals surface area (Å²) in [7, 11) is 0. The molecule has 1 amide bonds. The van der Waals surface area contributed by atoms with Crippen molar-refractivity contribution in [2.45, 2.75) is 0 Å². The number of rotatable bonds is 6. The fraction of sp³-hybridized carbons (Fsp3) is 0.0476. The molecule has 3 aromatic carbocycles. The molecule has 0 saturated carbocycles. The van der Waals surface area contributed by atoms with Crippen molar-refractivity contribution < 1.29 is 23.1 Å². The van der Waals surface area contributed by atoms with E-state index in [2.05, 4.69) is 5.32 Å². The number of anilines is 1. The van der Waals surface area contributed by atoms with Crippen LogP contribution in [0.15, 0.2) is 72.8 Å². The number of amides is 1. The molecule has 0 unspecified atom stereocenters. The van der Waals surface area contributed by atoms with E-state index in [1.54, 1.807) is 24.3 Å². The summed E-state index contributed by atoms with van der Waals surface area (Å²) < 4.78 is 31.1. The number of nitrogens with one attached hydrogen (secondary N) is 1. The molecule has 0 spiro atoms. The molecule has 0 radical (unpaired) electrons. The van der Waals surface area contributed by atoms with Crippen LogP contribution in [-0.4, -0.2) is 18.3 Å². The molecule has 0 aliphatic rings. The van der Waals surface area contributed by atoms with Crippen LogP contribution < -0.4 is 10.1 Å². The quantitative estimate of drug-likeness (QED) is 0.664. The molecule has 1 N–H and O–H groups in total. The van der Waals surface area contributed by atoms with Gasteiger partial charge in [0.05, 0.1) is 0 Å². The normalized spacial score (nSPS) is 10.3. The highest BCUT2D eigenvalue weighted by molar-refractivity contribution is 6.09. The van der Waals surface area contributed by atoms with E-state index < -0.39 is 11.7 Å². The van der Waals surface area contributed by atoms with E-state index in [0.29, 0.717) is 22.6 Å². The number of ether oxygens (including phenoxy) is 1. The first kappa shape index (κ1) is 18.3. The van der Waals surface area contributed by atoms with Crippen LogP contribution in [0.25, 0.3) is 0 Å². The van der Waals surface area contributed by atoms with Gasteiger partial charge in [0.15, 0.2) is 12.4 Å². The van der Waals surface area contributed by atoms with E-state index in [1.807, 2.05) is 0 Å². The minimum Gasteiger partial charge on any atom is -0.484 e. The summed E-state index contributed by atoms with van der Waals surface area (Å²) in [6.45, 7) is -0.234. The molecule has 3 aromatic rings. The van der Waals surface area contributed by atoms with Crippen molar-refractivity contribution in [1.82, 2.24) is 0 Å². The maximum atomic E-state index is 12.9. The van der Waals surface area contributed by atoms with Gasteiger partial charge in [0.2, 0.25) is 0 Å². The lowest BCUT2D eigenvalue weighted by Gasteiger charge is -2.08. The van der Waals surface area contributed by atoms with E-state index in [0.717, 1.165) is 0 Å². The van der Waals surface area contributed by atoms with Crippen molar-refractivity contribution in [2.75, 3.05) is 11.9 Å². The highest BCUT2D eigenvalue weighted by atomic mass is 19.1. The molecule has 0 aromatic heterocycles.